The fourth-order valence-corrected chi connectivity index (χ4v) is 7.26. The van der Waals surface area contributed by atoms with Crippen LogP contribution in [0.4, 0.5) is 0 Å². The number of pyridine rings is 1. The van der Waals surface area contributed by atoms with Crippen LogP contribution in [0.15, 0.2) is 61.2 Å². The van der Waals surface area contributed by atoms with Crippen LogP contribution in [0.5, 0.6) is 17.2 Å². The summed E-state index contributed by atoms with van der Waals surface area (Å²) < 4.78 is 19.4. The highest BCUT2D eigenvalue weighted by Gasteiger charge is 2.44. The Morgan fingerprint density at radius 3 is 2.45 bits per heavy atom. The first-order valence-electron chi connectivity index (χ1n) is 17.1. The fraction of sp³-hybridized carbons (Fsp3) is 0.324. The van der Waals surface area contributed by atoms with E-state index in [0.29, 0.717) is 29.5 Å². The number of hydrogen-bond donors (Lipinski definition) is 2. The van der Waals surface area contributed by atoms with E-state index < -0.39 is 35.9 Å². The molecule has 2 unspecified atom stereocenters. The molecule has 2 N–H and O–H groups in total. The number of aliphatic hydroxyl groups excluding tert-OH is 1. The SMILES string of the molecule is COc1cc(C2=CN(C)C(O)c3cnccc32)cc(OC)c1CN1CC(n2cc(COc3ccc4c(c3)C(=O)N(C3CCC(=O)NC3=O)C4=O)nn2)C1. The zero-order valence-electron chi connectivity index (χ0n) is 29.2. The number of piperidine rings is 1. The van der Waals surface area contributed by atoms with Crippen LogP contribution in [0, 0.1) is 0 Å². The standard InChI is InChI=1S/C37H36N8O8/c1-42-17-28(24-8-9-38-13-27(24)35(42)48)20-10-31(51-2)29(32(11-20)52-3)18-43-15-22(16-43)44-14-21(40-41-44)19-53-23-4-5-25-26(12-23)37(50)45(36(25)49)30-6-7-33(46)39-34(30)47/h4-5,8-14,17,22,30,35,48H,6-7,15-16,18-19H2,1-3H3,(H,39,46,47). The third-order valence-corrected chi connectivity index (χ3v) is 10.1. The summed E-state index contributed by atoms with van der Waals surface area (Å²) in [6.45, 7) is 2.11. The van der Waals surface area contributed by atoms with Crippen molar-refractivity contribution in [3.05, 3.63) is 100 Å². The van der Waals surface area contributed by atoms with Gasteiger partial charge in [-0.3, -0.25) is 39.3 Å². The lowest BCUT2D eigenvalue weighted by molar-refractivity contribution is -0.136. The van der Waals surface area contributed by atoms with Crippen molar-refractivity contribution in [2.45, 2.75) is 44.3 Å². The molecule has 272 valence electrons. The molecule has 2 fully saturated rings. The van der Waals surface area contributed by atoms with Crippen LogP contribution >= 0.6 is 0 Å². The number of aliphatic hydroxyl groups is 1. The molecule has 0 radical (unpaired) electrons. The number of carbonyl (C=O) groups excluding carboxylic acids is 4. The molecular formula is C37H36N8O8. The Kier molecular flexibility index (Phi) is 8.62. The number of amides is 4. The number of nitrogens with one attached hydrogen (secondary N) is 1. The minimum Gasteiger partial charge on any atom is -0.496 e. The molecule has 53 heavy (non-hydrogen) atoms. The number of imide groups is 2. The number of aromatic nitrogens is 4. The molecule has 0 bridgehead atoms. The van der Waals surface area contributed by atoms with Crippen LogP contribution in [0.1, 0.15) is 73.8 Å². The first-order valence-corrected chi connectivity index (χ1v) is 17.1. The summed E-state index contributed by atoms with van der Waals surface area (Å²) in [5.74, 6) is -0.526. The van der Waals surface area contributed by atoms with E-state index in [0.717, 1.165) is 45.8 Å². The molecule has 0 spiro atoms. The molecule has 4 aliphatic heterocycles. The van der Waals surface area contributed by atoms with Gasteiger partial charge in [0.1, 0.15) is 35.6 Å². The number of nitrogens with zero attached hydrogens (tertiary/aromatic N) is 7. The van der Waals surface area contributed by atoms with Crippen molar-refractivity contribution in [1.82, 2.24) is 40.0 Å². The van der Waals surface area contributed by atoms with Gasteiger partial charge in [0.2, 0.25) is 11.8 Å². The van der Waals surface area contributed by atoms with E-state index in [1.807, 2.05) is 42.3 Å². The summed E-state index contributed by atoms with van der Waals surface area (Å²) >= 11 is 0. The van der Waals surface area contributed by atoms with Gasteiger partial charge in [-0.1, -0.05) is 5.21 Å². The predicted molar refractivity (Wildman–Crippen MR) is 185 cm³/mol. The highest BCUT2D eigenvalue weighted by molar-refractivity contribution is 6.23. The summed E-state index contributed by atoms with van der Waals surface area (Å²) in [4.78, 5) is 59.2. The van der Waals surface area contributed by atoms with Gasteiger partial charge in [0.05, 0.1) is 43.1 Å². The minimum absolute atomic E-state index is 0.0499. The molecule has 2 saturated heterocycles. The average Bonchev–Trinajstić information content (AvgIpc) is 3.71. The molecule has 2 aromatic heterocycles. The molecule has 16 heteroatoms. The van der Waals surface area contributed by atoms with Crippen molar-refractivity contribution in [2.75, 3.05) is 34.4 Å². The summed E-state index contributed by atoms with van der Waals surface area (Å²) in [6.07, 6.45) is 6.47. The smallest absolute Gasteiger partial charge is 0.262 e. The number of hydrogen-bond acceptors (Lipinski definition) is 13. The van der Waals surface area contributed by atoms with Gasteiger partial charge in [-0.05, 0) is 53.9 Å². The Bertz CT molecular complexity index is 2170. The van der Waals surface area contributed by atoms with E-state index in [-0.39, 0.29) is 36.6 Å². The Labute approximate surface area is 303 Å². The van der Waals surface area contributed by atoms with Gasteiger partial charge in [-0.15, -0.1) is 5.10 Å². The van der Waals surface area contributed by atoms with Crippen molar-refractivity contribution >= 4 is 29.2 Å². The van der Waals surface area contributed by atoms with Crippen LogP contribution in [0.3, 0.4) is 0 Å². The lowest BCUT2D eigenvalue weighted by Gasteiger charge is -2.39. The lowest BCUT2D eigenvalue weighted by Crippen LogP contribution is -2.54. The molecule has 8 rings (SSSR count). The largest absolute Gasteiger partial charge is 0.496 e. The van der Waals surface area contributed by atoms with Crippen LogP contribution in [0.2, 0.25) is 0 Å². The Morgan fingerprint density at radius 1 is 0.962 bits per heavy atom. The number of fused-ring (bicyclic) bond motifs is 2. The van der Waals surface area contributed by atoms with Gasteiger partial charge in [-0.2, -0.15) is 0 Å². The number of benzene rings is 2. The van der Waals surface area contributed by atoms with E-state index in [1.54, 1.807) is 37.6 Å². The van der Waals surface area contributed by atoms with Crippen LogP contribution in [0.25, 0.3) is 5.57 Å². The van der Waals surface area contributed by atoms with E-state index >= 15 is 0 Å². The summed E-state index contributed by atoms with van der Waals surface area (Å²) in [6, 6.07) is 9.50. The Balaban J connectivity index is 0.896. The molecule has 2 atom stereocenters. The van der Waals surface area contributed by atoms with Gasteiger partial charge >= 0.3 is 0 Å². The topological polar surface area (TPSA) is 182 Å². The predicted octanol–water partition coefficient (Wildman–Crippen LogP) is 2.05. The van der Waals surface area contributed by atoms with Crippen molar-refractivity contribution in [3.63, 3.8) is 0 Å². The molecule has 2 aromatic carbocycles. The van der Waals surface area contributed by atoms with Gasteiger partial charge < -0.3 is 24.2 Å². The first-order chi connectivity index (χ1) is 25.6. The highest BCUT2D eigenvalue weighted by Crippen LogP contribution is 2.41. The van der Waals surface area contributed by atoms with Crippen molar-refractivity contribution in [1.29, 1.82) is 0 Å². The van der Waals surface area contributed by atoms with E-state index in [4.69, 9.17) is 14.2 Å². The molecule has 0 aliphatic carbocycles. The van der Waals surface area contributed by atoms with E-state index in [9.17, 15) is 24.3 Å². The van der Waals surface area contributed by atoms with Gasteiger partial charge in [0.25, 0.3) is 11.8 Å². The molecular weight excluding hydrogens is 684 g/mol. The number of ether oxygens (including phenoxy) is 3. The van der Waals surface area contributed by atoms with Crippen LogP contribution in [-0.4, -0.2) is 104 Å². The van der Waals surface area contributed by atoms with E-state index in [1.165, 1.54) is 12.1 Å². The molecule has 4 amide bonds. The highest BCUT2D eigenvalue weighted by atomic mass is 16.5. The summed E-state index contributed by atoms with van der Waals surface area (Å²) in [7, 11) is 5.09. The van der Waals surface area contributed by atoms with Gasteiger partial charge in [0, 0.05) is 62.8 Å². The van der Waals surface area contributed by atoms with Crippen molar-refractivity contribution < 1.29 is 38.5 Å². The Hall–Kier alpha value is -6.13. The second-order valence-corrected chi connectivity index (χ2v) is 13.4. The van der Waals surface area contributed by atoms with Gasteiger partial charge in [0.15, 0.2) is 6.23 Å². The second kappa shape index (κ2) is 13.4. The van der Waals surface area contributed by atoms with E-state index in [2.05, 4.69) is 25.5 Å². The lowest BCUT2D eigenvalue weighted by atomic mass is 9.91. The molecule has 4 aromatic rings. The monoisotopic (exact) mass is 720 g/mol. The molecule has 0 saturated carbocycles. The van der Waals surface area contributed by atoms with Crippen molar-refractivity contribution in [2.24, 2.45) is 0 Å². The quantitative estimate of drug-likeness (QED) is 0.228. The van der Waals surface area contributed by atoms with Crippen LogP contribution < -0.4 is 19.5 Å². The summed E-state index contributed by atoms with van der Waals surface area (Å²) in [5, 5.41) is 21.5. The fourth-order valence-electron chi connectivity index (χ4n) is 7.26. The molecule has 4 aliphatic rings. The summed E-state index contributed by atoms with van der Waals surface area (Å²) in [5.41, 5.74) is 5.25. The van der Waals surface area contributed by atoms with Crippen LogP contribution in [-0.2, 0) is 22.7 Å². The maximum Gasteiger partial charge on any atom is 0.262 e. The number of carbonyl (C=O) groups is 4. The third-order valence-electron chi connectivity index (χ3n) is 10.1. The maximum atomic E-state index is 13.2. The molecule has 6 heterocycles. The number of likely N-dealkylation sites (tertiary alicyclic amines) is 1. The Morgan fingerprint density at radius 2 is 1.72 bits per heavy atom. The van der Waals surface area contributed by atoms with Crippen molar-refractivity contribution in [3.8, 4) is 17.2 Å². The second-order valence-electron chi connectivity index (χ2n) is 13.4. The first kappa shape index (κ1) is 34.0. The number of rotatable bonds is 10. The molecule has 16 nitrogen and oxygen atoms in total. The minimum atomic E-state index is -1.04. The normalized spacial score (nSPS) is 20.1. The number of methoxy groups -OCH3 is 2. The average molecular weight is 721 g/mol. The zero-order valence-corrected chi connectivity index (χ0v) is 29.2. The maximum absolute atomic E-state index is 13.2. The van der Waals surface area contributed by atoms with Gasteiger partial charge in [-0.25, -0.2) is 4.68 Å². The third kappa shape index (κ3) is 6.04. The zero-order chi connectivity index (χ0) is 37.0.